The molecule has 0 spiro atoms. The van der Waals surface area contributed by atoms with Crippen LogP contribution in [0.25, 0.3) is 0 Å². The van der Waals surface area contributed by atoms with Crippen LogP contribution >= 0.6 is 0 Å². The second kappa shape index (κ2) is 7.31. The molecule has 24 heavy (non-hydrogen) atoms. The Labute approximate surface area is 136 Å². The summed E-state index contributed by atoms with van der Waals surface area (Å²) in [5.74, 6) is 0. The number of hydrogen-bond acceptors (Lipinski definition) is 4. The lowest BCUT2D eigenvalue weighted by Gasteiger charge is -2.12. The minimum atomic E-state index is -4.63. The van der Waals surface area contributed by atoms with Gasteiger partial charge in [-0.2, -0.15) is 13.2 Å². The number of hydrogen-bond donors (Lipinski definition) is 1. The summed E-state index contributed by atoms with van der Waals surface area (Å²) in [6.07, 6.45) is -4.63. The number of anilines is 1. The predicted molar refractivity (Wildman–Crippen MR) is 82.6 cm³/mol. The summed E-state index contributed by atoms with van der Waals surface area (Å²) in [6.45, 7) is 0.596. The molecule has 0 aromatic heterocycles. The van der Waals surface area contributed by atoms with Crippen LogP contribution in [0.1, 0.15) is 16.7 Å². The zero-order valence-corrected chi connectivity index (χ0v) is 12.8. The zero-order chi connectivity index (χ0) is 17.7. The number of ether oxygens (including phenoxy) is 1. The molecule has 2 aromatic carbocycles. The first kappa shape index (κ1) is 17.7. The summed E-state index contributed by atoms with van der Waals surface area (Å²) in [7, 11) is 1.55. The molecule has 2 aromatic rings. The normalized spacial score (nSPS) is 11.3. The third-order valence-corrected chi connectivity index (χ3v) is 3.41. The summed E-state index contributed by atoms with van der Waals surface area (Å²) >= 11 is 0. The molecule has 0 fully saturated rings. The third-order valence-electron chi connectivity index (χ3n) is 3.41. The van der Waals surface area contributed by atoms with Gasteiger partial charge in [0.05, 0.1) is 17.1 Å². The number of nitro groups is 1. The number of halogens is 3. The molecule has 2 rings (SSSR count). The van der Waals surface area contributed by atoms with Gasteiger partial charge < -0.3 is 10.1 Å². The fourth-order valence-corrected chi connectivity index (χ4v) is 2.23. The lowest BCUT2D eigenvalue weighted by molar-refractivity contribution is -0.384. The number of rotatable bonds is 6. The van der Waals surface area contributed by atoms with Gasteiger partial charge in [0, 0.05) is 19.7 Å². The van der Waals surface area contributed by atoms with Gasteiger partial charge >= 0.3 is 6.18 Å². The van der Waals surface area contributed by atoms with E-state index in [1.54, 1.807) is 13.2 Å². The quantitative estimate of drug-likeness (QED) is 0.626. The lowest BCUT2D eigenvalue weighted by atomic mass is 10.1. The molecule has 0 aliphatic heterocycles. The highest BCUT2D eigenvalue weighted by Crippen LogP contribution is 2.35. The SMILES string of the molecule is COCc1ccccc1CNc1ccc(C(F)(F)F)cc1[N+](=O)[O-]. The Bertz CT molecular complexity index is 733. The molecule has 0 saturated carbocycles. The first-order chi connectivity index (χ1) is 11.3. The third kappa shape index (κ3) is 4.23. The van der Waals surface area contributed by atoms with E-state index < -0.39 is 22.4 Å². The van der Waals surface area contributed by atoms with Crippen LogP contribution in [-0.4, -0.2) is 12.0 Å². The molecular weight excluding hydrogens is 325 g/mol. The monoisotopic (exact) mass is 340 g/mol. The highest BCUT2D eigenvalue weighted by atomic mass is 19.4. The van der Waals surface area contributed by atoms with Gasteiger partial charge in [0.25, 0.3) is 5.69 Å². The Morgan fingerprint density at radius 2 is 1.83 bits per heavy atom. The maximum atomic E-state index is 12.7. The van der Waals surface area contributed by atoms with Gasteiger partial charge in [-0.05, 0) is 23.3 Å². The topological polar surface area (TPSA) is 64.4 Å². The van der Waals surface area contributed by atoms with Gasteiger partial charge in [-0.3, -0.25) is 10.1 Å². The highest BCUT2D eigenvalue weighted by Gasteiger charge is 2.33. The van der Waals surface area contributed by atoms with Gasteiger partial charge in [0.1, 0.15) is 5.69 Å². The number of alkyl halides is 3. The van der Waals surface area contributed by atoms with Crippen molar-refractivity contribution < 1.29 is 22.8 Å². The van der Waals surface area contributed by atoms with Crippen LogP contribution in [0.5, 0.6) is 0 Å². The fourth-order valence-electron chi connectivity index (χ4n) is 2.23. The molecule has 0 heterocycles. The van der Waals surface area contributed by atoms with Crippen molar-refractivity contribution in [2.24, 2.45) is 0 Å². The van der Waals surface area contributed by atoms with Crippen molar-refractivity contribution in [3.63, 3.8) is 0 Å². The molecular formula is C16H15F3N2O3. The van der Waals surface area contributed by atoms with E-state index >= 15 is 0 Å². The summed E-state index contributed by atoms with van der Waals surface area (Å²) < 4.78 is 43.2. The molecule has 0 radical (unpaired) electrons. The minimum absolute atomic E-state index is 0.0280. The van der Waals surface area contributed by atoms with Crippen molar-refractivity contribution in [2.75, 3.05) is 12.4 Å². The maximum absolute atomic E-state index is 12.7. The molecule has 0 aliphatic rings. The number of nitro benzene ring substituents is 1. The van der Waals surface area contributed by atoms with E-state index in [9.17, 15) is 23.3 Å². The smallest absolute Gasteiger partial charge is 0.380 e. The second-order valence-corrected chi connectivity index (χ2v) is 5.04. The van der Waals surface area contributed by atoms with Crippen molar-refractivity contribution in [3.05, 3.63) is 69.3 Å². The van der Waals surface area contributed by atoms with Gasteiger partial charge in [0.2, 0.25) is 0 Å². The number of methoxy groups -OCH3 is 1. The highest BCUT2D eigenvalue weighted by molar-refractivity contribution is 5.63. The van der Waals surface area contributed by atoms with Crippen molar-refractivity contribution in [1.82, 2.24) is 0 Å². The number of nitrogens with one attached hydrogen (secondary N) is 1. The van der Waals surface area contributed by atoms with Gasteiger partial charge in [-0.25, -0.2) is 0 Å². The Kier molecular flexibility index (Phi) is 5.40. The summed E-state index contributed by atoms with van der Waals surface area (Å²) in [6, 6.07) is 9.72. The van der Waals surface area contributed by atoms with Crippen LogP contribution in [0.4, 0.5) is 24.5 Å². The fraction of sp³-hybridized carbons (Fsp3) is 0.250. The molecule has 0 bridgehead atoms. The predicted octanol–water partition coefficient (Wildman–Crippen LogP) is 4.37. The zero-order valence-electron chi connectivity index (χ0n) is 12.8. The molecule has 0 saturated heterocycles. The van der Waals surface area contributed by atoms with Crippen LogP contribution in [0.15, 0.2) is 42.5 Å². The van der Waals surface area contributed by atoms with Crippen LogP contribution in [-0.2, 0) is 24.1 Å². The van der Waals surface area contributed by atoms with Gasteiger partial charge in [-0.15, -0.1) is 0 Å². The van der Waals surface area contributed by atoms with E-state index in [0.29, 0.717) is 12.7 Å². The molecule has 5 nitrogen and oxygen atoms in total. The van der Waals surface area contributed by atoms with Crippen LogP contribution in [0.3, 0.4) is 0 Å². The molecule has 1 N–H and O–H groups in total. The van der Waals surface area contributed by atoms with Crippen LogP contribution in [0, 0.1) is 10.1 Å². The Hall–Kier alpha value is -2.61. The van der Waals surface area contributed by atoms with E-state index in [1.807, 2.05) is 18.2 Å². The molecule has 0 aliphatic carbocycles. The van der Waals surface area contributed by atoms with Gasteiger partial charge in [-0.1, -0.05) is 24.3 Å². The van der Waals surface area contributed by atoms with Crippen LogP contribution in [0.2, 0.25) is 0 Å². The summed E-state index contributed by atoms with van der Waals surface area (Å²) in [5, 5.41) is 13.9. The van der Waals surface area contributed by atoms with Crippen molar-refractivity contribution in [1.29, 1.82) is 0 Å². The Balaban J connectivity index is 2.26. The summed E-state index contributed by atoms with van der Waals surface area (Å²) in [4.78, 5) is 10.2. The van der Waals surface area contributed by atoms with Crippen LogP contribution < -0.4 is 5.32 Å². The van der Waals surface area contributed by atoms with E-state index in [2.05, 4.69) is 5.32 Å². The first-order valence-corrected chi connectivity index (χ1v) is 6.98. The van der Waals surface area contributed by atoms with Crippen molar-refractivity contribution in [3.8, 4) is 0 Å². The summed E-state index contributed by atoms with van der Waals surface area (Å²) in [5.41, 5.74) is 0.0874. The number of benzene rings is 2. The Morgan fingerprint density at radius 1 is 1.17 bits per heavy atom. The van der Waals surface area contributed by atoms with E-state index in [0.717, 1.165) is 23.3 Å². The standard InChI is InChI=1S/C16H15F3N2O3/c1-24-10-12-5-3-2-4-11(12)9-20-14-7-6-13(16(17,18)19)8-15(14)21(22)23/h2-8,20H,9-10H2,1H3. The van der Waals surface area contributed by atoms with E-state index in [1.165, 1.54) is 0 Å². The molecule has 0 atom stereocenters. The molecule has 8 heteroatoms. The van der Waals surface area contributed by atoms with Crippen molar-refractivity contribution in [2.45, 2.75) is 19.3 Å². The van der Waals surface area contributed by atoms with E-state index in [4.69, 9.17) is 4.74 Å². The van der Waals surface area contributed by atoms with E-state index in [-0.39, 0.29) is 12.2 Å². The average molecular weight is 340 g/mol. The lowest BCUT2D eigenvalue weighted by Crippen LogP contribution is -2.09. The molecule has 0 unspecified atom stereocenters. The Morgan fingerprint density at radius 3 is 2.42 bits per heavy atom. The minimum Gasteiger partial charge on any atom is -0.380 e. The van der Waals surface area contributed by atoms with Crippen molar-refractivity contribution >= 4 is 11.4 Å². The molecule has 0 amide bonds. The largest absolute Gasteiger partial charge is 0.416 e. The second-order valence-electron chi connectivity index (χ2n) is 5.04. The maximum Gasteiger partial charge on any atom is 0.416 e. The number of nitrogens with zero attached hydrogens (tertiary/aromatic N) is 1. The first-order valence-electron chi connectivity index (χ1n) is 6.98. The molecule has 128 valence electrons. The average Bonchev–Trinajstić information content (AvgIpc) is 2.53. The van der Waals surface area contributed by atoms with Gasteiger partial charge in [0.15, 0.2) is 0 Å².